The summed E-state index contributed by atoms with van der Waals surface area (Å²) >= 11 is 6.15. The van der Waals surface area contributed by atoms with E-state index in [0.29, 0.717) is 11.4 Å². The van der Waals surface area contributed by atoms with Crippen LogP contribution in [0.5, 0.6) is 0 Å². The molecule has 0 aromatic carbocycles. The van der Waals surface area contributed by atoms with Crippen LogP contribution in [0.4, 0.5) is 5.82 Å². The maximum Gasteiger partial charge on any atom is 0.343 e. The first kappa shape index (κ1) is 11.1. The van der Waals surface area contributed by atoms with E-state index in [1.807, 2.05) is 4.90 Å². The van der Waals surface area contributed by atoms with Crippen LogP contribution in [0.25, 0.3) is 0 Å². The Hall–Kier alpha value is -1.36. The first-order valence-corrected chi connectivity index (χ1v) is 5.46. The highest BCUT2D eigenvalue weighted by Gasteiger charge is 2.27. The van der Waals surface area contributed by atoms with Crippen molar-refractivity contribution in [1.82, 2.24) is 9.97 Å². The number of halogens is 1. The van der Waals surface area contributed by atoms with Crippen LogP contribution in [-0.4, -0.2) is 35.1 Å². The highest BCUT2D eigenvalue weighted by molar-refractivity contribution is 6.22. The number of esters is 1. The Bertz CT molecular complexity index is 399. The molecule has 0 spiro atoms. The van der Waals surface area contributed by atoms with E-state index in [-0.39, 0.29) is 5.50 Å². The lowest BCUT2D eigenvalue weighted by Gasteiger charge is -2.22. The lowest BCUT2D eigenvalue weighted by molar-refractivity contribution is 0.0600. The van der Waals surface area contributed by atoms with Crippen molar-refractivity contribution in [3.63, 3.8) is 0 Å². The van der Waals surface area contributed by atoms with Gasteiger partial charge in [0.2, 0.25) is 0 Å². The molecule has 1 aromatic heterocycles. The summed E-state index contributed by atoms with van der Waals surface area (Å²) in [5.41, 5.74) is 0.246. The van der Waals surface area contributed by atoms with Crippen LogP contribution in [-0.2, 0) is 4.74 Å². The van der Waals surface area contributed by atoms with E-state index in [2.05, 4.69) is 14.7 Å². The number of methoxy groups -OCH3 is 1. The van der Waals surface area contributed by atoms with Crippen LogP contribution in [0.2, 0.25) is 0 Å². The predicted molar refractivity (Wildman–Crippen MR) is 59.6 cm³/mol. The smallest absolute Gasteiger partial charge is 0.343 e. The zero-order valence-electron chi connectivity index (χ0n) is 8.89. The molecule has 1 aliphatic heterocycles. The predicted octanol–water partition coefficient (Wildman–Crippen LogP) is 1.43. The number of aromatic nitrogens is 2. The second kappa shape index (κ2) is 4.65. The minimum atomic E-state index is -0.439. The third kappa shape index (κ3) is 1.95. The fourth-order valence-corrected chi connectivity index (χ4v) is 2.11. The molecule has 0 bridgehead atoms. The minimum absolute atomic E-state index is 0.113. The Morgan fingerprint density at radius 3 is 3.12 bits per heavy atom. The van der Waals surface area contributed by atoms with Crippen LogP contribution in [0.1, 0.15) is 23.2 Å². The van der Waals surface area contributed by atoms with Crippen molar-refractivity contribution in [2.75, 3.05) is 18.6 Å². The fourth-order valence-electron chi connectivity index (χ4n) is 1.77. The van der Waals surface area contributed by atoms with Gasteiger partial charge in [0.25, 0.3) is 0 Å². The quantitative estimate of drug-likeness (QED) is 0.445. The molecule has 0 saturated carbocycles. The Morgan fingerprint density at radius 1 is 1.69 bits per heavy atom. The van der Waals surface area contributed by atoms with Gasteiger partial charge in [0, 0.05) is 12.7 Å². The normalized spacial score (nSPS) is 19.9. The molecule has 1 atom stereocenters. The second-order valence-corrected chi connectivity index (χ2v) is 4.03. The van der Waals surface area contributed by atoms with E-state index in [1.54, 1.807) is 0 Å². The van der Waals surface area contributed by atoms with Gasteiger partial charge in [-0.05, 0) is 12.8 Å². The molecule has 1 fully saturated rings. The molecular weight excluding hydrogens is 230 g/mol. The molecule has 0 aliphatic carbocycles. The molecular formula is C10H12ClN3O2. The third-order valence-corrected chi connectivity index (χ3v) is 3.00. The molecule has 2 rings (SSSR count). The summed E-state index contributed by atoms with van der Waals surface area (Å²) in [5.74, 6) is 0.116. The topological polar surface area (TPSA) is 55.3 Å². The van der Waals surface area contributed by atoms with Crippen molar-refractivity contribution in [2.24, 2.45) is 0 Å². The average Bonchev–Trinajstić information content (AvgIpc) is 2.74. The summed E-state index contributed by atoms with van der Waals surface area (Å²) in [6.45, 7) is 0.801. The van der Waals surface area contributed by atoms with Crippen molar-refractivity contribution in [2.45, 2.75) is 18.3 Å². The summed E-state index contributed by atoms with van der Waals surface area (Å²) < 4.78 is 4.68. The van der Waals surface area contributed by atoms with Gasteiger partial charge in [0.15, 0.2) is 0 Å². The molecule has 1 aromatic rings. The first-order chi connectivity index (χ1) is 7.74. The maximum absolute atomic E-state index is 11.5. The molecule has 1 aliphatic rings. The summed E-state index contributed by atoms with van der Waals surface area (Å²) in [6, 6.07) is 0. The van der Waals surface area contributed by atoms with Crippen LogP contribution in [0.3, 0.4) is 0 Å². The Morgan fingerprint density at radius 2 is 2.50 bits per heavy atom. The molecule has 6 heteroatoms. The lowest BCUT2D eigenvalue weighted by Crippen LogP contribution is -2.27. The largest absolute Gasteiger partial charge is 0.465 e. The van der Waals surface area contributed by atoms with E-state index < -0.39 is 5.97 Å². The van der Waals surface area contributed by atoms with Gasteiger partial charge in [0.1, 0.15) is 23.2 Å². The summed E-state index contributed by atoms with van der Waals surface area (Å²) in [7, 11) is 1.33. The highest BCUT2D eigenvalue weighted by Crippen LogP contribution is 2.28. The number of rotatable bonds is 2. The average molecular weight is 242 g/mol. The minimum Gasteiger partial charge on any atom is -0.465 e. The fraction of sp³-hybridized carbons (Fsp3) is 0.500. The number of alkyl halides is 1. The first-order valence-electron chi connectivity index (χ1n) is 5.03. The molecule has 1 unspecified atom stereocenters. The molecule has 5 nitrogen and oxygen atoms in total. The van der Waals surface area contributed by atoms with Gasteiger partial charge in [0.05, 0.1) is 7.11 Å². The number of hydrogen-bond donors (Lipinski definition) is 0. The Balaban J connectivity index is 2.36. The van der Waals surface area contributed by atoms with Crippen LogP contribution in [0, 0.1) is 0 Å². The van der Waals surface area contributed by atoms with Gasteiger partial charge < -0.3 is 9.64 Å². The van der Waals surface area contributed by atoms with Gasteiger partial charge in [-0.25, -0.2) is 14.8 Å². The van der Waals surface area contributed by atoms with Crippen molar-refractivity contribution >= 4 is 23.4 Å². The number of carbonyl (C=O) groups excluding carboxylic acids is 1. The molecule has 1 saturated heterocycles. The van der Waals surface area contributed by atoms with Crippen molar-refractivity contribution in [3.8, 4) is 0 Å². The van der Waals surface area contributed by atoms with Crippen LogP contribution < -0.4 is 4.90 Å². The molecule has 0 amide bonds. The Labute approximate surface area is 98.4 Å². The lowest BCUT2D eigenvalue weighted by atomic mass is 10.3. The zero-order chi connectivity index (χ0) is 11.5. The number of anilines is 1. The van der Waals surface area contributed by atoms with Crippen molar-refractivity contribution < 1.29 is 9.53 Å². The number of ether oxygens (including phenoxy) is 1. The molecule has 0 radical (unpaired) electrons. The summed E-state index contributed by atoms with van der Waals surface area (Å²) in [4.78, 5) is 21.4. The van der Waals surface area contributed by atoms with Crippen molar-refractivity contribution in [1.29, 1.82) is 0 Å². The summed E-state index contributed by atoms with van der Waals surface area (Å²) in [5, 5.41) is 0. The van der Waals surface area contributed by atoms with Gasteiger partial charge in [-0.1, -0.05) is 11.6 Å². The SMILES string of the molecule is COC(=O)c1cncnc1N1CCCC1Cl. The number of carbonyl (C=O) groups is 1. The monoisotopic (exact) mass is 241 g/mol. The second-order valence-electron chi connectivity index (χ2n) is 3.52. The maximum atomic E-state index is 11.5. The third-order valence-electron chi connectivity index (χ3n) is 2.55. The summed E-state index contributed by atoms with van der Waals surface area (Å²) in [6.07, 6.45) is 4.75. The Kier molecular flexibility index (Phi) is 3.24. The van der Waals surface area contributed by atoms with E-state index in [4.69, 9.17) is 11.6 Å². The van der Waals surface area contributed by atoms with Crippen LogP contribution in [0.15, 0.2) is 12.5 Å². The highest BCUT2D eigenvalue weighted by atomic mass is 35.5. The van der Waals surface area contributed by atoms with E-state index in [0.717, 1.165) is 19.4 Å². The van der Waals surface area contributed by atoms with Gasteiger partial charge in [-0.2, -0.15) is 0 Å². The zero-order valence-corrected chi connectivity index (χ0v) is 9.65. The van der Waals surface area contributed by atoms with Gasteiger partial charge in [-0.3, -0.25) is 0 Å². The van der Waals surface area contributed by atoms with Gasteiger partial charge in [-0.15, -0.1) is 0 Å². The molecule has 0 N–H and O–H groups in total. The van der Waals surface area contributed by atoms with E-state index in [1.165, 1.54) is 19.6 Å². The van der Waals surface area contributed by atoms with E-state index >= 15 is 0 Å². The molecule has 16 heavy (non-hydrogen) atoms. The molecule has 86 valence electrons. The molecule has 2 heterocycles. The number of nitrogens with zero attached hydrogens (tertiary/aromatic N) is 3. The van der Waals surface area contributed by atoms with Gasteiger partial charge >= 0.3 is 5.97 Å². The van der Waals surface area contributed by atoms with Crippen LogP contribution >= 0.6 is 11.6 Å². The van der Waals surface area contributed by atoms with Crippen molar-refractivity contribution in [3.05, 3.63) is 18.1 Å². The van der Waals surface area contributed by atoms with E-state index in [9.17, 15) is 4.79 Å². The number of hydrogen-bond acceptors (Lipinski definition) is 5. The standard InChI is InChI=1S/C10H12ClN3O2/c1-16-10(15)7-5-12-6-13-9(7)14-4-2-3-8(14)11/h5-6,8H,2-4H2,1H3.